The van der Waals surface area contributed by atoms with E-state index in [-0.39, 0.29) is 54.1 Å². The lowest BCUT2D eigenvalue weighted by atomic mass is 10.0. The van der Waals surface area contributed by atoms with Gasteiger partial charge in [0.25, 0.3) is 17.7 Å². The van der Waals surface area contributed by atoms with Crippen molar-refractivity contribution < 1.29 is 42.9 Å². The number of primary amides is 1. The monoisotopic (exact) mass is 817 g/mol. The van der Waals surface area contributed by atoms with E-state index in [1.165, 1.54) is 62.9 Å². The third-order valence-electron chi connectivity index (χ3n) is 9.70. The normalized spacial score (nSPS) is 18.2. The Balaban J connectivity index is 0.000000198. The topological polar surface area (TPSA) is 212 Å². The molecule has 60 heavy (non-hydrogen) atoms. The largest absolute Gasteiger partial charge is 0.464 e. The van der Waals surface area contributed by atoms with Gasteiger partial charge in [-0.1, -0.05) is 43.2 Å². The maximum Gasteiger partial charge on any atom is 0.359 e. The molecule has 0 bridgehead atoms. The maximum atomic E-state index is 14.4. The van der Waals surface area contributed by atoms with E-state index in [9.17, 15) is 38.2 Å². The van der Waals surface area contributed by atoms with Crippen molar-refractivity contribution in [1.82, 2.24) is 39.3 Å². The number of likely N-dealkylation sites (tertiary alicyclic amines) is 2. The SMILES string of the molecule is C.CN1CC[C@@](O)(C#Cc2ccnc(-n3nc(C(N)=O)c4c(F)cccc43)c2)C1=O.COC(=O)c1nn(-c2cc(C#C[C@]3(O)CCN(C)C3=O)ccn2)c2cccc(F)c12. The molecule has 0 spiro atoms. The zero-order chi connectivity index (χ0) is 42.2. The van der Waals surface area contributed by atoms with Crippen LogP contribution >= 0.6 is 0 Å². The number of amides is 3. The highest BCUT2D eigenvalue weighted by Gasteiger charge is 2.43. The highest BCUT2D eigenvalue weighted by molar-refractivity contribution is 6.05. The molecule has 0 radical (unpaired) electrons. The van der Waals surface area contributed by atoms with E-state index < -0.39 is 46.5 Å². The Labute approximate surface area is 341 Å². The van der Waals surface area contributed by atoms with E-state index in [2.05, 4.69) is 43.8 Å². The highest BCUT2D eigenvalue weighted by Crippen LogP contribution is 2.27. The molecule has 0 saturated carbocycles. The number of methoxy groups -OCH3 is 1. The number of esters is 1. The smallest absolute Gasteiger partial charge is 0.359 e. The number of fused-ring (bicyclic) bond motifs is 2. The minimum absolute atomic E-state index is 0. The van der Waals surface area contributed by atoms with Crippen LogP contribution < -0.4 is 5.73 Å². The van der Waals surface area contributed by atoms with Gasteiger partial charge in [0.05, 0.1) is 28.9 Å². The predicted octanol–water partition coefficient (Wildman–Crippen LogP) is 2.53. The van der Waals surface area contributed by atoms with E-state index in [4.69, 9.17) is 10.5 Å². The highest BCUT2D eigenvalue weighted by atomic mass is 19.1. The van der Waals surface area contributed by atoms with E-state index >= 15 is 0 Å². The summed E-state index contributed by atoms with van der Waals surface area (Å²) in [6.07, 6.45) is 3.37. The van der Waals surface area contributed by atoms with Gasteiger partial charge in [-0.25, -0.2) is 32.9 Å². The molecule has 2 atom stereocenters. The number of likely N-dealkylation sites (N-methyl/N-ethyl adjacent to an activating group) is 2. The number of pyridine rings is 2. The molecule has 2 aromatic carbocycles. The molecule has 2 aliphatic heterocycles. The van der Waals surface area contributed by atoms with Gasteiger partial charge in [-0.2, -0.15) is 10.2 Å². The summed E-state index contributed by atoms with van der Waals surface area (Å²) in [5, 5.41) is 29.2. The quantitative estimate of drug-likeness (QED) is 0.174. The second kappa shape index (κ2) is 16.4. The Morgan fingerprint density at radius 1 is 0.750 bits per heavy atom. The lowest BCUT2D eigenvalue weighted by Crippen LogP contribution is -2.37. The summed E-state index contributed by atoms with van der Waals surface area (Å²) in [4.78, 5) is 59.2. The molecule has 16 nitrogen and oxygen atoms in total. The summed E-state index contributed by atoms with van der Waals surface area (Å²) in [7, 11) is 4.40. The van der Waals surface area contributed by atoms with Crippen molar-refractivity contribution in [2.75, 3.05) is 34.3 Å². The van der Waals surface area contributed by atoms with Gasteiger partial charge < -0.3 is 30.5 Å². The predicted molar refractivity (Wildman–Crippen MR) is 212 cm³/mol. The number of hydrogen-bond acceptors (Lipinski definition) is 11. The summed E-state index contributed by atoms with van der Waals surface area (Å²) >= 11 is 0. The van der Waals surface area contributed by atoms with Crippen LogP contribution in [0.4, 0.5) is 8.78 Å². The third-order valence-corrected chi connectivity index (χ3v) is 9.70. The van der Waals surface area contributed by atoms with Crippen LogP contribution in [0.3, 0.4) is 0 Å². The van der Waals surface area contributed by atoms with Crippen molar-refractivity contribution in [3.8, 4) is 35.3 Å². The van der Waals surface area contributed by atoms with Crippen molar-refractivity contribution in [3.63, 3.8) is 0 Å². The van der Waals surface area contributed by atoms with Crippen LogP contribution in [0.5, 0.6) is 0 Å². The van der Waals surface area contributed by atoms with Crippen LogP contribution in [0.2, 0.25) is 0 Å². The van der Waals surface area contributed by atoms with Gasteiger partial charge in [-0.3, -0.25) is 14.4 Å². The van der Waals surface area contributed by atoms with Gasteiger partial charge >= 0.3 is 5.97 Å². The number of ether oxygens (including phenoxy) is 1. The van der Waals surface area contributed by atoms with Gasteiger partial charge in [-0.15, -0.1) is 0 Å². The Kier molecular flexibility index (Phi) is 11.5. The van der Waals surface area contributed by atoms with Gasteiger partial charge in [-0.05, 0) is 48.5 Å². The minimum atomic E-state index is -1.72. The zero-order valence-electron chi connectivity index (χ0n) is 31.6. The average molecular weight is 818 g/mol. The molecule has 6 heterocycles. The van der Waals surface area contributed by atoms with E-state index in [0.717, 1.165) is 0 Å². The number of carbonyl (C=O) groups excluding carboxylic acids is 4. The first-order valence-corrected chi connectivity index (χ1v) is 17.8. The molecule has 2 aliphatic rings. The first kappa shape index (κ1) is 42.1. The number of nitrogens with zero attached hydrogens (tertiary/aromatic N) is 8. The number of aromatic nitrogens is 6. The fraction of sp³-hybridized carbons (Fsp3) is 0.238. The molecule has 8 rings (SSSR count). The van der Waals surface area contributed by atoms with Crippen LogP contribution in [0.15, 0.2) is 73.1 Å². The van der Waals surface area contributed by atoms with E-state index in [1.54, 1.807) is 50.5 Å². The van der Waals surface area contributed by atoms with E-state index in [1.807, 2.05) is 0 Å². The number of halogens is 2. The van der Waals surface area contributed by atoms with Crippen LogP contribution in [-0.2, 0) is 14.3 Å². The van der Waals surface area contributed by atoms with Gasteiger partial charge in [0.15, 0.2) is 23.0 Å². The maximum absolute atomic E-state index is 14.4. The van der Waals surface area contributed by atoms with Crippen LogP contribution in [-0.4, -0.2) is 119 Å². The molecule has 0 unspecified atom stereocenters. The minimum Gasteiger partial charge on any atom is -0.464 e. The summed E-state index contributed by atoms with van der Waals surface area (Å²) in [5.74, 6) is 7.65. The molecular formula is C42H37F2N9O7. The van der Waals surface area contributed by atoms with Crippen molar-refractivity contribution >= 4 is 45.5 Å². The Bertz CT molecular complexity index is 2850. The standard InChI is InChI=1S/C21H17FN4O4.C20H16FN5O3.CH4/c1-25-11-9-21(29,20(25)28)8-6-13-7-10-23-16(12-13)26-15-5-3-4-14(22)17(15)18(24-26)19(27)30-2;1-25-10-8-20(29,19(25)28)7-5-12-6-9-23-15(11-12)26-14-4-2-3-13(21)16(14)17(24-26)18(22)27;/h3-5,7,10,12,29H,9,11H2,1-2H3;2-4,6,9,11,29H,8,10H2,1H3,(H2,22,27);1H4/t21-;20-;/m00./s1. The molecule has 306 valence electrons. The molecule has 6 aromatic rings. The first-order chi connectivity index (χ1) is 28.1. The average Bonchev–Trinajstić information content (AvgIpc) is 3.97. The summed E-state index contributed by atoms with van der Waals surface area (Å²) in [5.41, 5.74) is 3.11. The Hall–Kier alpha value is -7.54. The number of aliphatic hydroxyl groups is 2. The molecule has 18 heteroatoms. The van der Waals surface area contributed by atoms with Gasteiger partial charge in [0.2, 0.25) is 11.2 Å². The fourth-order valence-corrected chi connectivity index (χ4v) is 6.53. The van der Waals surface area contributed by atoms with Crippen molar-refractivity contribution in [2.24, 2.45) is 5.73 Å². The number of carbonyl (C=O) groups is 4. The van der Waals surface area contributed by atoms with Crippen LogP contribution in [0, 0.1) is 35.3 Å². The van der Waals surface area contributed by atoms with Crippen molar-refractivity contribution in [2.45, 2.75) is 31.5 Å². The molecule has 2 saturated heterocycles. The molecule has 4 N–H and O–H groups in total. The number of benzene rings is 2. The number of nitrogens with two attached hydrogens (primary N) is 1. The van der Waals surface area contributed by atoms with Crippen molar-refractivity contribution in [1.29, 1.82) is 0 Å². The molecule has 3 amide bonds. The third kappa shape index (κ3) is 7.72. The van der Waals surface area contributed by atoms with Gasteiger partial charge in [0, 0.05) is 63.5 Å². The lowest BCUT2D eigenvalue weighted by molar-refractivity contribution is -0.138. The number of rotatable bonds is 4. The Morgan fingerprint density at radius 2 is 1.18 bits per heavy atom. The molecule has 2 fully saturated rings. The van der Waals surface area contributed by atoms with Crippen LogP contribution in [0.1, 0.15) is 52.4 Å². The number of hydrogen-bond donors (Lipinski definition) is 3. The van der Waals surface area contributed by atoms with Gasteiger partial charge in [0.1, 0.15) is 11.6 Å². The summed E-state index contributed by atoms with van der Waals surface area (Å²) < 4.78 is 36.0. The summed E-state index contributed by atoms with van der Waals surface area (Å²) in [6, 6.07) is 15.0. The van der Waals surface area contributed by atoms with Crippen LogP contribution in [0.25, 0.3) is 33.4 Å². The molecule has 0 aliphatic carbocycles. The summed E-state index contributed by atoms with van der Waals surface area (Å²) in [6.45, 7) is 0.846. The second-order valence-electron chi connectivity index (χ2n) is 13.6. The fourth-order valence-electron chi connectivity index (χ4n) is 6.53. The Morgan fingerprint density at radius 3 is 1.58 bits per heavy atom. The second-order valence-corrected chi connectivity index (χ2v) is 13.6. The zero-order valence-corrected chi connectivity index (χ0v) is 31.6. The van der Waals surface area contributed by atoms with E-state index in [0.29, 0.717) is 35.2 Å². The molecular weight excluding hydrogens is 781 g/mol. The molecule has 4 aromatic heterocycles. The van der Waals surface area contributed by atoms with Crippen molar-refractivity contribution in [3.05, 3.63) is 107 Å². The first-order valence-electron chi connectivity index (χ1n) is 17.8. The lowest BCUT2D eigenvalue weighted by Gasteiger charge is -2.13.